The second kappa shape index (κ2) is 6.37. The summed E-state index contributed by atoms with van der Waals surface area (Å²) in [6.45, 7) is 10.7. The molecule has 0 heterocycles. The Morgan fingerprint density at radius 3 is 2.29 bits per heavy atom. The van der Waals surface area contributed by atoms with Gasteiger partial charge in [0.25, 0.3) is 0 Å². The summed E-state index contributed by atoms with van der Waals surface area (Å²) in [5, 5.41) is 0. The first-order chi connectivity index (χ1) is 9.87. The van der Waals surface area contributed by atoms with Gasteiger partial charge in [-0.3, -0.25) is 0 Å². The number of ether oxygens (including phenoxy) is 3. The first kappa shape index (κ1) is 16.3. The summed E-state index contributed by atoms with van der Waals surface area (Å²) >= 11 is 0. The molecule has 0 aromatic heterocycles. The molecule has 0 spiro atoms. The van der Waals surface area contributed by atoms with Gasteiger partial charge in [0.2, 0.25) is 0 Å². The highest BCUT2D eigenvalue weighted by atomic mass is 16.7. The lowest BCUT2D eigenvalue weighted by Gasteiger charge is -2.41. The standard InChI is InChI=1S/C18H28O3/c1-17(2)8-9-18(3,4)16-12-14(6-7-15(16)17)21-13-20-11-10-19-5/h6-7,12H,8-11,13H2,1-5H3. The number of methoxy groups -OCH3 is 1. The van der Waals surface area contributed by atoms with E-state index >= 15 is 0 Å². The van der Waals surface area contributed by atoms with E-state index in [9.17, 15) is 0 Å². The third-order valence-corrected chi connectivity index (χ3v) is 4.57. The Labute approximate surface area is 128 Å². The van der Waals surface area contributed by atoms with Crippen LogP contribution in [0.1, 0.15) is 51.7 Å². The van der Waals surface area contributed by atoms with Crippen molar-refractivity contribution >= 4 is 0 Å². The van der Waals surface area contributed by atoms with Crippen LogP contribution >= 0.6 is 0 Å². The van der Waals surface area contributed by atoms with Crippen molar-refractivity contribution in [2.45, 2.75) is 51.4 Å². The zero-order valence-electron chi connectivity index (χ0n) is 14.0. The molecule has 2 rings (SSSR count). The van der Waals surface area contributed by atoms with Crippen LogP contribution < -0.4 is 4.74 Å². The Balaban J connectivity index is 2.10. The summed E-state index contributed by atoms with van der Waals surface area (Å²) in [6.07, 6.45) is 2.44. The van der Waals surface area contributed by atoms with E-state index in [0.717, 1.165) is 5.75 Å². The zero-order valence-corrected chi connectivity index (χ0v) is 14.0. The summed E-state index contributed by atoms with van der Waals surface area (Å²) < 4.78 is 16.0. The molecule has 1 aromatic rings. The summed E-state index contributed by atoms with van der Waals surface area (Å²) in [5.74, 6) is 0.886. The van der Waals surface area contributed by atoms with E-state index in [1.165, 1.54) is 24.0 Å². The van der Waals surface area contributed by atoms with Crippen LogP contribution in [0.2, 0.25) is 0 Å². The van der Waals surface area contributed by atoms with Gasteiger partial charge in [0.15, 0.2) is 6.79 Å². The van der Waals surface area contributed by atoms with E-state index in [1.54, 1.807) is 7.11 Å². The summed E-state index contributed by atoms with van der Waals surface area (Å²) in [4.78, 5) is 0. The first-order valence-electron chi connectivity index (χ1n) is 7.71. The smallest absolute Gasteiger partial charge is 0.189 e. The summed E-state index contributed by atoms with van der Waals surface area (Å²) in [7, 11) is 1.66. The number of hydrogen-bond donors (Lipinski definition) is 0. The Bertz CT molecular complexity index is 477. The van der Waals surface area contributed by atoms with Gasteiger partial charge in [0.1, 0.15) is 5.75 Å². The van der Waals surface area contributed by atoms with Crippen molar-refractivity contribution < 1.29 is 14.2 Å². The Morgan fingerprint density at radius 1 is 0.952 bits per heavy atom. The molecule has 118 valence electrons. The first-order valence-corrected chi connectivity index (χ1v) is 7.71. The van der Waals surface area contributed by atoms with Crippen LogP contribution in [0, 0.1) is 0 Å². The van der Waals surface area contributed by atoms with Gasteiger partial charge >= 0.3 is 0 Å². The molecule has 0 fully saturated rings. The minimum atomic E-state index is 0.209. The minimum absolute atomic E-state index is 0.209. The van der Waals surface area contributed by atoms with E-state index in [1.807, 2.05) is 0 Å². The van der Waals surface area contributed by atoms with Gasteiger partial charge in [0.05, 0.1) is 13.2 Å². The Morgan fingerprint density at radius 2 is 1.62 bits per heavy atom. The van der Waals surface area contributed by atoms with Crippen LogP contribution in [0.4, 0.5) is 0 Å². The van der Waals surface area contributed by atoms with E-state index in [-0.39, 0.29) is 17.6 Å². The molecule has 3 heteroatoms. The van der Waals surface area contributed by atoms with Crippen LogP contribution in [0.5, 0.6) is 5.75 Å². The average molecular weight is 292 g/mol. The maximum atomic E-state index is 5.70. The molecule has 1 aliphatic carbocycles. The van der Waals surface area contributed by atoms with Crippen molar-refractivity contribution in [1.29, 1.82) is 0 Å². The maximum absolute atomic E-state index is 5.70. The molecule has 1 aromatic carbocycles. The molecule has 0 N–H and O–H groups in total. The van der Waals surface area contributed by atoms with Crippen molar-refractivity contribution in [3.8, 4) is 5.75 Å². The molecule has 0 unspecified atom stereocenters. The van der Waals surface area contributed by atoms with Crippen molar-refractivity contribution in [3.05, 3.63) is 29.3 Å². The Hall–Kier alpha value is -1.06. The molecule has 0 atom stereocenters. The van der Waals surface area contributed by atoms with Crippen LogP contribution in [-0.4, -0.2) is 27.1 Å². The van der Waals surface area contributed by atoms with Crippen LogP contribution in [0.25, 0.3) is 0 Å². The fraction of sp³-hybridized carbons (Fsp3) is 0.667. The highest BCUT2D eigenvalue weighted by molar-refractivity contribution is 5.45. The second-order valence-electron chi connectivity index (χ2n) is 7.14. The molecule has 0 amide bonds. The molecular formula is C18H28O3. The normalized spacial score (nSPS) is 19.1. The molecule has 0 bridgehead atoms. The minimum Gasteiger partial charge on any atom is -0.468 e. The van der Waals surface area contributed by atoms with Crippen LogP contribution in [0.15, 0.2) is 18.2 Å². The molecule has 0 saturated carbocycles. The molecule has 0 saturated heterocycles. The molecular weight excluding hydrogens is 264 g/mol. The van der Waals surface area contributed by atoms with Crippen molar-refractivity contribution in [2.75, 3.05) is 27.1 Å². The molecule has 1 aliphatic rings. The monoisotopic (exact) mass is 292 g/mol. The molecule has 0 aliphatic heterocycles. The topological polar surface area (TPSA) is 27.7 Å². The summed E-state index contributed by atoms with van der Waals surface area (Å²) in [6, 6.07) is 6.47. The predicted octanol–water partition coefficient (Wildman–Crippen LogP) is 4.03. The molecule has 0 radical (unpaired) electrons. The lowest BCUT2D eigenvalue weighted by molar-refractivity contribution is -0.00856. The molecule has 21 heavy (non-hydrogen) atoms. The summed E-state index contributed by atoms with van der Waals surface area (Å²) in [5.41, 5.74) is 3.32. The fourth-order valence-corrected chi connectivity index (χ4v) is 2.97. The third-order valence-electron chi connectivity index (χ3n) is 4.57. The lowest BCUT2D eigenvalue weighted by Crippen LogP contribution is -2.33. The van der Waals surface area contributed by atoms with Crippen LogP contribution in [0.3, 0.4) is 0 Å². The van der Waals surface area contributed by atoms with Crippen molar-refractivity contribution in [3.63, 3.8) is 0 Å². The van der Waals surface area contributed by atoms with E-state index < -0.39 is 0 Å². The third kappa shape index (κ3) is 3.78. The quantitative estimate of drug-likeness (QED) is 0.585. The van der Waals surface area contributed by atoms with E-state index in [2.05, 4.69) is 45.9 Å². The van der Waals surface area contributed by atoms with Crippen molar-refractivity contribution in [2.24, 2.45) is 0 Å². The van der Waals surface area contributed by atoms with Crippen LogP contribution in [-0.2, 0) is 20.3 Å². The lowest BCUT2D eigenvalue weighted by atomic mass is 9.63. The number of fused-ring (bicyclic) bond motifs is 1. The van der Waals surface area contributed by atoms with Crippen molar-refractivity contribution in [1.82, 2.24) is 0 Å². The largest absolute Gasteiger partial charge is 0.468 e. The highest BCUT2D eigenvalue weighted by Crippen LogP contribution is 2.46. The van der Waals surface area contributed by atoms with Gasteiger partial charge in [-0.2, -0.15) is 0 Å². The second-order valence-corrected chi connectivity index (χ2v) is 7.14. The van der Waals surface area contributed by atoms with E-state index in [0.29, 0.717) is 13.2 Å². The number of benzene rings is 1. The predicted molar refractivity (Wildman–Crippen MR) is 85.1 cm³/mol. The maximum Gasteiger partial charge on any atom is 0.189 e. The van der Waals surface area contributed by atoms with Gasteiger partial charge in [-0.15, -0.1) is 0 Å². The van der Waals surface area contributed by atoms with Gasteiger partial charge in [-0.25, -0.2) is 0 Å². The van der Waals surface area contributed by atoms with Gasteiger partial charge in [-0.1, -0.05) is 33.8 Å². The Kier molecular flexibility index (Phi) is 4.95. The van der Waals surface area contributed by atoms with Gasteiger partial charge < -0.3 is 14.2 Å². The number of hydrogen-bond acceptors (Lipinski definition) is 3. The number of rotatable bonds is 6. The van der Waals surface area contributed by atoms with E-state index in [4.69, 9.17) is 14.2 Å². The average Bonchev–Trinajstić information content (AvgIpc) is 2.44. The highest BCUT2D eigenvalue weighted by Gasteiger charge is 2.37. The van der Waals surface area contributed by atoms with Gasteiger partial charge in [-0.05, 0) is 46.9 Å². The fourth-order valence-electron chi connectivity index (χ4n) is 2.97. The van der Waals surface area contributed by atoms with Gasteiger partial charge in [0, 0.05) is 7.11 Å². The SMILES string of the molecule is COCCOCOc1ccc2c(c1)C(C)(C)CCC2(C)C. The zero-order chi connectivity index (χ0) is 15.5. The molecule has 3 nitrogen and oxygen atoms in total.